The van der Waals surface area contributed by atoms with E-state index in [4.69, 9.17) is 19.9 Å². The molecule has 2 rings (SSSR count). The Balaban J connectivity index is 2.52. The van der Waals surface area contributed by atoms with E-state index in [9.17, 15) is 24.9 Å². The van der Waals surface area contributed by atoms with Crippen molar-refractivity contribution in [3.05, 3.63) is 41.0 Å². The second kappa shape index (κ2) is 14.2. The Labute approximate surface area is 224 Å². The van der Waals surface area contributed by atoms with Crippen LogP contribution in [0.25, 0.3) is 0 Å². The molecule has 6 N–H and O–H groups in total. The van der Waals surface area contributed by atoms with Crippen molar-refractivity contribution in [2.75, 3.05) is 19.5 Å². The molecule has 1 aromatic carbocycles. The van der Waals surface area contributed by atoms with Crippen molar-refractivity contribution in [1.82, 2.24) is 0 Å². The van der Waals surface area contributed by atoms with E-state index in [0.29, 0.717) is 42.4 Å². The number of benzene rings is 1. The fraction of sp³-hybridized carbons (Fsp3) is 0.571. The quantitative estimate of drug-likeness (QED) is 0.222. The number of rotatable bonds is 3. The molecule has 10 nitrogen and oxygen atoms in total. The number of aromatic hydroxyl groups is 2. The normalized spacial score (nSPS) is 30.9. The molecule has 0 aliphatic carbocycles. The van der Waals surface area contributed by atoms with Gasteiger partial charge in [0, 0.05) is 31.8 Å². The Morgan fingerprint density at radius 2 is 1.76 bits per heavy atom. The van der Waals surface area contributed by atoms with Crippen molar-refractivity contribution >= 4 is 17.7 Å². The third kappa shape index (κ3) is 8.47. The summed E-state index contributed by atoms with van der Waals surface area (Å²) in [7, 11) is 3.02. The Morgan fingerprint density at radius 1 is 1.11 bits per heavy atom. The molecule has 1 heterocycles. The molecule has 0 fully saturated rings. The van der Waals surface area contributed by atoms with Gasteiger partial charge in [-0.1, -0.05) is 26.0 Å². The molecule has 1 aromatic rings. The minimum Gasteiger partial charge on any atom is -0.508 e. The fourth-order valence-corrected chi connectivity index (χ4v) is 4.86. The summed E-state index contributed by atoms with van der Waals surface area (Å²) in [5.74, 6) is -1.07. The highest BCUT2D eigenvalue weighted by Crippen LogP contribution is 2.35. The van der Waals surface area contributed by atoms with E-state index in [1.165, 1.54) is 26.4 Å². The van der Waals surface area contributed by atoms with Gasteiger partial charge in [0.25, 0.3) is 5.91 Å². The van der Waals surface area contributed by atoms with Crippen molar-refractivity contribution in [2.24, 2.45) is 17.6 Å². The monoisotopic (exact) mass is 534 g/mol. The average Bonchev–Trinajstić information content (AvgIpc) is 2.85. The number of carbonyl (C=O) groups excluding carboxylic acids is 2. The summed E-state index contributed by atoms with van der Waals surface area (Å²) in [6, 6.07) is 2.76. The van der Waals surface area contributed by atoms with Crippen LogP contribution in [0.3, 0.4) is 0 Å². The van der Waals surface area contributed by atoms with Crippen molar-refractivity contribution in [2.45, 2.75) is 77.8 Å². The van der Waals surface area contributed by atoms with Gasteiger partial charge >= 0.3 is 6.09 Å². The minimum absolute atomic E-state index is 0.0596. The highest BCUT2D eigenvalue weighted by Gasteiger charge is 2.30. The van der Waals surface area contributed by atoms with Gasteiger partial charge in [-0.25, -0.2) is 4.79 Å². The fourth-order valence-electron chi connectivity index (χ4n) is 4.86. The van der Waals surface area contributed by atoms with Crippen LogP contribution in [0.1, 0.15) is 52.5 Å². The predicted octanol–water partition coefficient (Wildman–Crippen LogP) is 3.78. The lowest BCUT2D eigenvalue weighted by atomic mass is 9.88. The summed E-state index contributed by atoms with van der Waals surface area (Å²) < 4.78 is 16.6. The van der Waals surface area contributed by atoms with Gasteiger partial charge in [-0.3, -0.25) is 4.79 Å². The largest absolute Gasteiger partial charge is 0.508 e. The average molecular weight is 535 g/mol. The lowest BCUT2D eigenvalue weighted by molar-refractivity contribution is -0.112. The Kier molecular flexibility index (Phi) is 11.6. The van der Waals surface area contributed by atoms with Crippen LogP contribution in [-0.2, 0) is 25.4 Å². The standard InChI is InChI=1S/C28H42N2O8/c1-15-10-19-13-20(31)14-21(25(19)33)30-27(34)16(2)8-7-9-22(36-5)26(38-28(29)35)18(4)12-17(3)24(32)23(11-15)37-6/h8,12-15,17,22-24,26,31-33H,7,9-11H2,1-6H3,(H2,29,35)(H,30,34)/b16-8+,18-12+/t15-,17+,22+,23+,24-,26+/m1/s1. The van der Waals surface area contributed by atoms with Crippen molar-refractivity contribution in [1.29, 1.82) is 0 Å². The molecule has 0 aromatic heterocycles. The van der Waals surface area contributed by atoms with E-state index in [-0.39, 0.29) is 29.0 Å². The number of nitrogens with two attached hydrogens (primary N) is 1. The number of ether oxygens (including phenoxy) is 3. The summed E-state index contributed by atoms with van der Waals surface area (Å²) in [5, 5.41) is 34.9. The minimum atomic E-state index is -0.948. The number of aliphatic hydroxyl groups is 1. The van der Waals surface area contributed by atoms with E-state index in [2.05, 4.69) is 5.32 Å². The molecule has 0 radical (unpaired) electrons. The van der Waals surface area contributed by atoms with Crippen LogP contribution in [0, 0.1) is 11.8 Å². The molecule has 1 aliphatic rings. The number of aliphatic hydroxyl groups excluding tert-OH is 1. The maximum atomic E-state index is 12.8. The van der Waals surface area contributed by atoms with E-state index in [0.717, 1.165) is 0 Å². The second-order valence-corrected chi connectivity index (χ2v) is 10.1. The van der Waals surface area contributed by atoms with E-state index in [1.54, 1.807) is 19.9 Å². The Morgan fingerprint density at radius 3 is 2.37 bits per heavy atom. The highest BCUT2D eigenvalue weighted by molar-refractivity contribution is 6.04. The van der Waals surface area contributed by atoms with Crippen molar-refractivity contribution in [3.8, 4) is 11.5 Å². The molecule has 38 heavy (non-hydrogen) atoms. The van der Waals surface area contributed by atoms with Crippen LogP contribution in [0.4, 0.5) is 10.5 Å². The van der Waals surface area contributed by atoms with Crippen LogP contribution >= 0.6 is 0 Å². The van der Waals surface area contributed by atoms with E-state index in [1.807, 2.05) is 19.9 Å². The van der Waals surface area contributed by atoms with Gasteiger partial charge in [-0.2, -0.15) is 0 Å². The van der Waals surface area contributed by atoms with Gasteiger partial charge in [0.2, 0.25) is 0 Å². The molecule has 0 unspecified atom stereocenters. The number of methoxy groups -OCH3 is 2. The van der Waals surface area contributed by atoms with Crippen LogP contribution in [0.5, 0.6) is 11.5 Å². The number of phenolic OH excluding ortho intramolecular Hbond substituents is 2. The number of allylic oxidation sites excluding steroid dienone is 1. The number of carbonyl (C=O) groups is 2. The SMILES string of the molecule is CO[C@H]1C[C@H](C)Cc2cc(O)cc(c2O)NC(=O)/C(C)=C/CC[C@H](OC)[C@@H](OC(N)=O)/C(C)=C/[C@H](C)[C@H]1O. The summed E-state index contributed by atoms with van der Waals surface area (Å²) in [5.41, 5.74) is 6.97. The maximum absolute atomic E-state index is 12.8. The Hall–Kier alpha value is -3.08. The second-order valence-electron chi connectivity index (χ2n) is 10.1. The molecular weight excluding hydrogens is 492 g/mol. The zero-order valence-corrected chi connectivity index (χ0v) is 23.1. The van der Waals surface area contributed by atoms with Gasteiger partial charge in [0.1, 0.15) is 11.5 Å². The number of primary amides is 1. The summed E-state index contributed by atoms with van der Waals surface area (Å²) in [4.78, 5) is 24.5. The molecule has 212 valence electrons. The van der Waals surface area contributed by atoms with Gasteiger partial charge in [0.05, 0.1) is 24.0 Å². The molecular formula is C28H42N2O8. The first-order valence-electron chi connectivity index (χ1n) is 12.8. The number of anilines is 1. The zero-order valence-electron chi connectivity index (χ0n) is 23.1. The first kappa shape index (κ1) is 31.1. The zero-order chi connectivity index (χ0) is 28.6. The molecule has 0 saturated heterocycles. The summed E-state index contributed by atoms with van der Waals surface area (Å²) in [6.45, 7) is 7.21. The molecule has 10 heteroatoms. The van der Waals surface area contributed by atoms with Crippen molar-refractivity contribution < 1.29 is 39.1 Å². The van der Waals surface area contributed by atoms with Crippen LogP contribution in [0.15, 0.2) is 35.4 Å². The summed E-state index contributed by atoms with van der Waals surface area (Å²) >= 11 is 0. The lowest BCUT2D eigenvalue weighted by Gasteiger charge is -2.30. The van der Waals surface area contributed by atoms with Crippen LogP contribution < -0.4 is 11.1 Å². The van der Waals surface area contributed by atoms with Gasteiger partial charge in [0.15, 0.2) is 6.10 Å². The Bertz CT molecular complexity index is 1040. The van der Waals surface area contributed by atoms with Crippen LogP contribution in [0.2, 0.25) is 0 Å². The third-order valence-electron chi connectivity index (χ3n) is 6.97. The molecule has 1 aliphatic heterocycles. The first-order chi connectivity index (χ1) is 17.9. The highest BCUT2D eigenvalue weighted by atomic mass is 16.6. The number of amides is 2. The molecule has 2 amide bonds. The number of fused-ring (bicyclic) bond motifs is 2. The first-order valence-corrected chi connectivity index (χ1v) is 12.8. The number of hydrogen-bond acceptors (Lipinski definition) is 8. The summed E-state index contributed by atoms with van der Waals surface area (Å²) in [6.07, 6.45) is 1.46. The smallest absolute Gasteiger partial charge is 0.405 e. The number of phenols is 2. The van der Waals surface area contributed by atoms with E-state index < -0.39 is 36.4 Å². The molecule has 6 atom stereocenters. The lowest BCUT2D eigenvalue weighted by Crippen LogP contribution is -2.37. The number of nitrogens with one attached hydrogen (secondary N) is 1. The molecule has 0 saturated carbocycles. The maximum Gasteiger partial charge on any atom is 0.405 e. The van der Waals surface area contributed by atoms with Crippen molar-refractivity contribution in [3.63, 3.8) is 0 Å². The van der Waals surface area contributed by atoms with E-state index >= 15 is 0 Å². The molecule has 0 spiro atoms. The van der Waals surface area contributed by atoms with Gasteiger partial charge < -0.3 is 40.6 Å². The van der Waals surface area contributed by atoms with Crippen LogP contribution in [-0.4, -0.2) is 66.0 Å². The predicted molar refractivity (Wildman–Crippen MR) is 144 cm³/mol. The van der Waals surface area contributed by atoms with Gasteiger partial charge in [-0.15, -0.1) is 0 Å². The van der Waals surface area contributed by atoms with Gasteiger partial charge in [-0.05, 0) is 62.7 Å². The third-order valence-corrected chi connectivity index (χ3v) is 6.97. The number of hydrogen-bond donors (Lipinski definition) is 5. The molecule has 2 bridgehead atoms. The topological polar surface area (TPSA) is 161 Å².